The summed E-state index contributed by atoms with van der Waals surface area (Å²) in [5.41, 5.74) is 2.73. The lowest BCUT2D eigenvalue weighted by atomic mass is 10.1. The Labute approximate surface area is 138 Å². The number of hydrogen-bond acceptors (Lipinski definition) is 4. The van der Waals surface area contributed by atoms with Gasteiger partial charge in [-0.25, -0.2) is 4.98 Å². The summed E-state index contributed by atoms with van der Waals surface area (Å²) in [5.74, 6) is 0.616. The molecule has 3 aromatic rings. The molecule has 2 aromatic heterocycles. The van der Waals surface area contributed by atoms with E-state index in [0.29, 0.717) is 18.7 Å². The van der Waals surface area contributed by atoms with E-state index in [1.54, 1.807) is 23.7 Å². The Bertz CT molecular complexity index is 780. The van der Waals surface area contributed by atoms with Crippen LogP contribution in [0.3, 0.4) is 0 Å². The van der Waals surface area contributed by atoms with Crippen molar-refractivity contribution in [3.05, 3.63) is 69.9 Å². The zero-order chi connectivity index (χ0) is 16.1. The molecule has 0 atom stereocenters. The molecule has 3 rings (SSSR count). The van der Waals surface area contributed by atoms with Gasteiger partial charge in [0.25, 0.3) is 5.91 Å². The number of thiophene rings is 1. The van der Waals surface area contributed by atoms with Crippen molar-refractivity contribution in [2.45, 2.75) is 20.0 Å². The molecule has 23 heavy (non-hydrogen) atoms. The molecule has 0 bridgehead atoms. The second-order valence-corrected chi connectivity index (χ2v) is 6.15. The average molecular weight is 326 g/mol. The number of aromatic nitrogens is 2. The molecule has 0 saturated heterocycles. The second-order valence-electron chi connectivity index (χ2n) is 5.14. The minimum absolute atomic E-state index is 0.118. The summed E-state index contributed by atoms with van der Waals surface area (Å²) in [6.45, 7) is 3.19. The van der Waals surface area contributed by atoms with E-state index >= 15 is 0 Å². The van der Waals surface area contributed by atoms with Crippen molar-refractivity contribution in [3.63, 3.8) is 0 Å². The summed E-state index contributed by atoms with van der Waals surface area (Å²) in [4.78, 5) is 20.7. The first-order valence-corrected chi connectivity index (χ1v) is 8.24. The van der Waals surface area contributed by atoms with Gasteiger partial charge < -0.3 is 15.6 Å². The number of hydrogen-bond donors (Lipinski definition) is 3. The summed E-state index contributed by atoms with van der Waals surface area (Å²) in [6.07, 6.45) is 3.40. The molecule has 0 fully saturated rings. The fraction of sp³-hybridized carbons (Fsp3) is 0.176. The molecule has 0 aliphatic carbocycles. The zero-order valence-corrected chi connectivity index (χ0v) is 13.6. The predicted octanol–water partition coefficient (Wildman–Crippen LogP) is 3.32. The smallest absolute Gasteiger partial charge is 0.253 e. The highest BCUT2D eigenvalue weighted by molar-refractivity contribution is 7.10. The highest BCUT2D eigenvalue weighted by Gasteiger charge is 2.11. The molecule has 0 saturated carbocycles. The first-order chi connectivity index (χ1) is 11.2. The van der Waals surface area contributed by atoms with Crippen LogP contribution in [0.2, 0.25) is 0 Å². The Morgan fingerprint density at radius 1 is 1.26 bits per heavy atom. The molecule has 1 amide bonds. The van der Waals surface area contributed by atoms with Crippen LogP contribution in [-0.2, 0) is 13.1 Å². The summed E-state index contributed by atoms with van der Waals surface area (Å²) in [5, 5.41) is 8.31. The number of nitrogens with one attached hydrogen (secondary N) is 3. The molecule has 118 valence electrons. The van der Waals surface area contributed by atoms with E-state index < -0.39 is 0 Å². The third-order valence-corrected chi connectivity index (χ3v) is 4.57. The lowest BCUT2D eigenvalue weighted by molar-refractivity contribution is 0.0950. The molecule has 0 spiro atoms. The fourth-order valence-electron chi connectivity index (χ4n) is 2.25. The number of aromatic amines is 1. The van der Waals surface area contributed by atoms with Crippen LogP contribution in [0.25, 0.3) is 0 Å². The minimum atomic E-state index is -0.118. The highest BCUT2D eigenvalue weighted by Crippen LogP contribution is 2.20. The van der Waals surface area contributed by atoms with Crippen molar-refractivity contribution in [1.29, 1.82) is 0 Å². The highest BCUT2D eigenvalue weighted by atomic mass is 32.1. The number of amides is 1. The van der Waals surface area contributed by atoms with Crippen molar-refractivity contribution in [2.24, 2.45) is 0 Å². The topological polar surface area (TPSA) is 69.8 Å². The van der Waals surface area contributed by atoms with E-state index in [2.05, 4.69) is 39.0 Å². The zero-order valence-electron chi connectivity index (χ0n) is 12.8. The van der Waals surface area contributed by atoms with Crippen molar-refractivity contribution >= 4 is 22.9 Å². The summed E-state index contributed by atoms with van der Waals surface area (Å²) < 4.78 is 0. The monoisotopic (exact) mass is 326 g/mol. The molecule has 0 unspecified atom stereocenters. The van der Waals surface area contributed by atoms with Gasteiger partial charge in [-0.15, -0.1) is 11.3 Å². The van der Waals surface area contributed by atoms with E-state index in [4.69, 9.17) is 0 Å². The molecule has 3 N–H and O–H groups in total. The maximum absolute atomic E-state index is 12.4. The number of nitrogens with zero attached hydrogens (tertiary/aromatic N) is 1. The number of para-hydroxylation sites is 1. The number of aryl methyl sites for hydroxylation is 1. The van der Waals surface area contributed by atoms with Crippen LogP contribution in [0.5, 0.6) is 0 Å². The SMILES string of the molecule is Cc1ccsc1CNc1ccccc1C(=O)NCc1ncc[nH]1. The van der Waals surface area contributed by atoms with Crippen LogP contribution in [0.15, 0.2) is 48.1 Å². The molecule has 2 heterocycles. The van der Waals surface area contributed by atoms with Crippen molar-refractivity contribution in [1.82, 2.24) is 15.3 Å². The summed E-state index contributed by atoms with van der Waals surface area (Å²) in [7, 11) is 0. The minimum Gasteiger partial charge on any atom is -0.379 e. The van der Waals surface area contributed by atoms with Crippen molar-refractivity contribution in [3.8, 4) is 0 Å². The molecular formula is C17H18N4OS. The number of rotatable bonds is 6. The van der Waals surface area contributed by atoms with Crippen molar-refractivity contribution in [2.75, 3.05) is 5.32 Å². The van der Waals surface area contributed by atoms with E-state index in [0.717, 1.165) is 11.5 Å². The van der Waals surface area contributed by atoms with E-state index in [-0.39, 0.29) is 5.91 Å². The largest absolute Gasteiger partial charge is 0.379 e. The standard InChI is InChI=1S/C17H18N4OS/c1-12-6-9-23-15(12)10-20-14-5-3-2-4-13(14)17(22)21-11-16-18-7-8-19-16/h2-9,20H,10-11H2,1H3,(H,18,19)(H,21,22). The second kappa shape index (κ2) is 7.11. The molecule has 5 nitrogen and oxygen atoms in total. The molecule has 1 aromatic carbocycles. The van der Waals surface area contributed by atoms with Crippen LogP contribution >= 0.6 is 11.3 Å². The quantitative estimate of drug-likeness (QED) is 0.651. The van der Waals surface area contributed by atoms with E-state index in [1.165, 1.54) is 10.4 Å². The number of anilines is 1. The first-order valence-electron chi connectivity index (χ1n) is 7.36. The summed E-state index contributed by atoms with van der Waals surface area (Å²) in [6, 6.07) is 9.63. The third kappa shape index (κ3) is 3.78. The molecular weight excluding hydrogens is 308 g/mol. The van der Waals surface area contributed by atoms with E-state index in [9.17, 15) is 4.79 Å². The van der Waals surface area contributed by atoms with Crippen LogP contribution in [-0.4, -0.2) is 15.9 Å². The van der Waals surface area contributed by atoms with Crippen molar-refractivity contribution < 1.29 is 4.79 Å². The Balaban J connectivity index is 1.67. The number of carbonyl (C=O) groups is 1. The summed E-state index contributed by atoms with van der Waals surface area (Å²) >= 11 is 1.72. The molecule has 0 aliphatic heterocycles. The maximum Gasteiger partial charge on any atom is 0.253 e. The normalized spacial score (nSPS) is 10.5. The Morgan fingerprint density at radius 2 is 2.13 bits per heavy atom. The van der Waals surface area contributed by atoms with Gasteiger partial charge in [0.15, 0.2) is 0 Å². The predicted molar refractivity (Wildman–Crippen MR) is 92.6 cm³/mol. The Hall–Kier alpha value is -2.60. The van der Waals surface area contributed by atoms with Crippen LogP contribution in [0.4, 0.5) is 5.69 Å². The van der Waals surface area contributed by atoms with Gasteiger partial charge in [0, 0.05) is 29.5 Å². The lowest BCUT2D eigenvalue weighted by Gasteiger charge is -2.11. The third-order valence-electron chi connectivity index (χ3n) is 3.55. The van der Waals surface area contributed by atoms with Crippen LogP contribution in [0.1, 0.15) is 26.6 Å². The molecule has 0 aliphatic rings. The van der Waals surface area contributed by atoms with Gasteiger partial charge in [-0.1, -0.05) is 12.1 Å². The van der Waals surface area contributed by atoms with Gasteiger partial charge in [0.05, 0.1) is 12.1 Å². The average Bonchev–Trinajstić information content (AvgIpc) is 3.22. The van der Waals surface area contributed by atoms with Gasteiger partial charge in [-0.2, -0.15) is 0 Å². The Morgan fingerprint density at radius 3 is 2.87 bits per heavy atom. The number of benzene rings is 1. The molecule has 6 heteroatoms. The Kier molecular flexibility index (Phi) is 4.73. The number of carbonyl (C=O) groups excluding carboxylic acids is 1. The number of imidazole rings is 1. The van der Waals surface area contributed by atoms with Gasteiger partial charge in [0.1, 0.15) is 5.82 Å². The van der Waals surface area contributed by atoms with E-state index in [1.807, 2.05) is 24.3 Å². The maximum atomic E-state index is 12.4. The van der Waals surface area contributed by atoms with Gasteiger partial charge >= 0.3 is 0 Å². The first kappa shape index (κ1) is 15.3. The molecule has 0 radical (unpaired) electrons. The van der Waals surface area contributed by atoms with Gasteiger partial charge in [-0.3, -0.25) is 4.79 Å². The van der Waals surface area contributed by atoms with Crippen LogP contribution < -0.4 is 10.6 Å². The van der Waals surface area contributed by atoms with Gasteiger partial charge in [-0.05, 0) is 36.1 Å². The lowest BCUT2D eigenvalue weighted by Crippen LogP contribution is -2.24. The van der Waals surface area contributed by atoms with Gasteiger partial charge in [0.2, 0.25) is 0 Å². The van der Waals surface area contributed by atoms with Crippen LogP contribution in [0, 0.1) is 6.92 Å². The fourth-order valence-corrected chi connectivity index (χ4v) is 3.10. The number of H-pyrrole nitrogens is 1.